The van der Waals surface area contributed by atoms with E-state index in [2.05, 4.69) is 27.8 Å². The molecule has 0 radical (unpaired) electrons. The number of rotatable bonds is 9. The lowest BCUT2D eigenvalue weighted by Crippen LogP contribution is -2.11. The zero-order chi connectivity index (χ0) is 13.2. The minimum Gasteiger partial charge on any atom is -0.323 e. The molecule has 3 heteroatoms. The smallest absolute Gasteiger partial charge is 0.0571 e. The minimum absolute atomic E-state index is 0.0914. The van der Waals surface area contributed by atoms with Crippen LogP contribution in [0.15, 0.2) is 22.8 Å². The van der Waals surface area contributed by atoms with Gasteiger partial charge in [0.25, 0.3) is 0 Å². The van der Waals surface area contributed by atoms with Crippen LogP contribution in [-0.4, -0.2) is 4.98 Å². The van der Waals surface area contributed by atoms with E-state index < -0.39 is 0 Å². The molecule has 0 aliphatic rings. The summed E-state index contributed by atoms with van der Waals surface area (Å²) in [6, 6.07) is 4.11. The van der Waals surface area contributed by atoms with Crippen molar-refractivity contribution in [1.82, 2.24) is 4.98 Å². The highest BCUT2D eigenvalue weighted by Crippen LogP contribution is 2.18. The predicted molar refractivity (Wildman–Crippen MR) is 81.5 cm³/mol. The molecule has 1 atom stereocenters. The van der Waals surface area contributed by atoms with E-state index in [1.165, 1.54) is 44.9 Å². The fourth-order valence-corrected chi connectivity index (χ4v) is 2.31. The van der Waals surface area contributed by atoms with Crippen LogP contribution in [-0.2, 0) is 0 Å². The molecule has 0 saturated carbocycles. The second-order valence-corrected chi connectivity index (χ2v) is 5.83. The van der Waals surface area contributed by atoms with Gasteiger partial charge in [0.1, 0.15) is 0 Å². The molecule has 102 valence electrons. The molecule has 0 fully saturated rings. The van der Waals surface area contributed by atoms with Crippen LogP contribution in [0.4, 0.5) is 0 Å². The average Bonchev–Trinajstić information content (AvgIpc) is 2.38. The molecule has 18 heavy (non-hydrogen) atoms. The Balaban J connectivity index is 2.10. The Bertz CT molecular complexity index is 311. The summed E-state index contributed by atoms with van der Waals surface area (Å²) >= 11 is 3.39. The Hall–Kier alpha value is -0.410. The van der Waals surface area contributed by atoms with E-state index in [-0.39, 0.29) is 6.04 Å². The van der Waals surface area contributed by atoms with Crippen LogP contribution in [0.1, 0.15) is 70.0 Å². The maximum absolute atomic E-state index is 6.13. The summed E-state index contributed by atoms with van der Waals surface area (Å²) < 4.78 is 1.01. The average molecular weight is 313 g/mol. The van der Waals surface area contributed by atoms with Gasteiger partial charge in [0.05, 0.1) is 5.69 Å². The number of hydrogen-bond donors (Lipinski definition) is 1. The first kappa shape index (κ1) is 15.6. The summed E-state index contributed by atoms with van der Waals surface area (Å²) in [5.74, 6) is 0. The summed E-state index contributed by atoms with van der Waals surface area (Å²) in [4.78, 5) is 4.35. The van der Waals surface area contributed by atoms with E-state index in [1.807, 2.05) is 18.3 Å². The molecule has 1 rings (SSSR count). The highest BCUT2D eigenvalue weighted by atomic mass is 79.9. The molecule has 0 spiro atoms. The van der Waals surface area contributed by atoms with Crippen molar-refractivity contribution in [1.29, 1.82) is 0 Å². The quantitative estimate of drug-likeness (QED) is 0.653. The molecule has 1 heterocycles. The molecule has 0 aliphatic carbocycles. The zero-order valence-electron chi connectivity index (χ0n) is 11.4. The van der Waals surface area contributed by atoms with Crippen LogP contribution in [0.5, 0.6) is 0 Å². The lowest BCUT2D eigenvalue weighted by atomic mass is 10.0. The molecule has 0 aliphatic heterocycles. The summed E-state index contributed by atoms with van der Waals surface area (Å²) in [5, 5.41) is 0. The van der Waals surface area contributed by atoms with Crippen molar-refractivity contribution in [2.45, 2.75) is 64.3 Å². The van der Waals surface area contributed by atoms with Crippen LogP contribution in [0.25, 0.3) is 0 Å². The molecule has 1 unspecified atom stereocenters. The normalized spacial score (nSPS) is 12.6. The van der Waals surface area contributed by atoms with Crippen LogP contribution < -0.4 is 5.73 Å². The van der Waals surface area contributed by atoms with Gasteiger partial charge in [-0.3, -0.25) is 4.98 Å². The maximum atomic E-state index is 6.13. The topological polar surface area (TPSA) is 38.9 Å². The van der Waals surface area contributed by atoms with E-state index in [0.29, 0.717) is 0 Å². The van der Waals surface area contributed by atoms with Crippen molar-refractivity contribution in [2.24, 2.45) is 5.73 Å². The van der Waals surface area contributed by atoms with Crippen LogP contribution in [0, 0.1) is 0 Å². The molecular weight excluding hydrogens is 288 g/mol. The highest BCUT2D eigenvalue weighted by molar-refractivity contribution is 9.10. The maximum Gasteiger partial charge on any atom is 0.0571 e. The fourth-order valence-electron chi connectivity index (χ4n) is 2.08. The Morgan fingerprint density at radius 1 is 1.11 bits per heavy atom. The first-order chi connectivity index (χ1) is 8.74. The Morgan fingerprint density at radius 3 is 2.39 bits per heavy atom. The SMILES string of the molecule is CCCCCCCCCC(N)c1ccc(Br)cn1. The van der Waals surface area contributed by atoms with Crippen molar-refractivity contribution in [3.63, 3.8) is 0 Å². The van der Waals surface area contributed by atoms with Crippen molar-refractivity contribution < 1.29 is 0 Å². The summed E-state index contributed by atoms with van der Waals surface area (Å²) in [6.07, 6.45) is 12.2. The van der Waals surface area contributed by atoms with Gasteiger partial charge in [-0.25, -0.2) is 0 Å². The fraction of sp³-hybridized carbons (Fsp3) is 0.667. The third-order valence-corrected chi connectivity index (χ3v) is 3.72. The van der Waals surface area contributed by atoms with E-state index in [1.54, 1.807) is 0 Å². The molecule has 0 saturated heterocycles. The van der Waals surface area contributed by atoms with E-state index in [0.717, 1.165) is 16.6 Å². The molecule has 2 N–H and O–H groups in total. The van der Waals surface area contributed by atoms with Gasteiger partial charge >= 0.3 is 0 Å². The highest BCUT2D eigenvalue weighted by Gasteiger charge is 2.06. The standard InChI is InChI=1S/C15H25BrN2/c1-2-3-4-5-6-7-8-9-14(17)15-11-10-13(16)12-18-15/h10-12,14H,2-9,17H2,1H3. The van der Waals surface area contributed by atoms with Gasteiger partial charge in [0.15, 0.2) is 0 Å². The Labute approximate surface area is 120 Å². The zero-order valence-corrected chi connectivity index (χ0v) is 13.0. The van der Waals surface area contributed by atoms with Gasteiger partial charge in [-0.05, 0) is 34.5 Å². The van der Waals surface area contributed by atoms with Crippen molar-refractivity contribution >= 4 is 15.9 Å². The van der Waals surface area contributed by atoms with Gasteiger partial charge in [-0.15, -0.1) is 0 Å². The monoisotopic (exact) mass is 312 g/mol. The van der Waals surface area contributed by atoms with Gasteiger partial charge in [0, 0.05) is 16.7 Å². The van der Waals surface area contributed by atoms with Crippen LogP contribution in [0.3, 0.4) is 0 Å². The van der Waals surface area contributed by atoms with E-state index in [9.17, 15) is 0 Å². The third kappa shape index (κ3) is 6.50. The number of pyridine rings is 1. The number of hydrogen-bond acceptors (Lipinski definition) is 2. The summed E-state index contributed by atoms with van der Waals surface area (Å²) in [6.45, 7) is 2.25. The molecule has 0 amide bonds. The van der Waals surface area contributed by atoms with Crippen LogP contribution >= 0.6 is 15.9 Å². The van der Waals surface area contributed by atoms with Gasteiger partial charge < -0.3 is 5.73 Å². The predicted octanol–water partition coefficient (Wildman–Crippen LogP) is 4.98. The van der Waals surface area contributed by atoms with Crippen molar-refractivity contribution in [3.8, 4) is 0 Å². The second kappa shape index (κ2) is 9.51. The Kier molecular flexibility index (Phi) is 8.27. The molecule has 1 aromatic heterocycles. The molecule has 0 aromatic carbocycles. The van der Waals surface area contributed by atoms with Gasteiger partial charge in [-0.1, -0.05) is 51.9 Å². The minimum atomic E-state index is 0.0914. The van der Waals surface area contributed by atoms with Gasteiger partial charge in [-0.2, -0.15) is 0 Å². The third-order valence-electron chi connectivity index (χ3n) is 3.25. The number of halogens is 1. The number of unbranched alkanes of at least 4 members (excludes halogenated alkanes) is 6. The second-order valence-electron chi connectivity index (χ2n) is 4.92. The Morgan fingerprint density at radius 2 is 1.78 bits per heavy atom. The lowest BCUT2D eigenvalue weighted by Gasteiger charge is -2.10. The van der Waals surface area contributed by atoms with E-state index in [4.69, 9.17) is 5.73 Å². The molecule has 0 bridgehead atoms. The first-order valence-electron chi connectivity index (χ1n) is 7.11. The van der Waals surface area contributed by atoms with Crippen LogP contribution in [0.2, 0.25) is 0 Å². The van der Waals surface area contributed by atoms with Crippen molar-refractivity contribution in [3.05, 3.63) is 28.5 Å². The van der Waals surface area contributed by atoms with Gasteiger partial charge in [0.2, 0.25) is 0 Å². The number of nitrogens with zero attached hydrogens (tertiary/aromatic N) is 1. The summed E-state index contributed by atoms with van der Waals surface area (Å²) in [7, 11) is 0. The number of aromatic nitrogens is 1. The lowest BCUT2D eigenvalue weighted by molar-refractivity contribution is 0.535. The van der Waals surface area contributed by atoms with E-state index >= 15 is 0 Å². The molecule has 1 aromatic rings. The van der Waals surface area contributed by atoms with Crippen molar-refractivity contribution in [2.75, 3.05) is 0 Å². The largest absolute Gasteiger partial charge is 0.323 e. The number of nitrogens with two attached hydrogens (primary N) is 1. The first-order valence-corrected chi connectivity index (χ1v) is 7.90. The molecular formula is C15H25BrN2. The molecule has 2 nitrogen and oxygen atoms in total. The summed E-state index contributed by atoms with van der Waals surface area (Å²) in [5.41, 5.74) is 7.13.